The Labute approximate surface area is 144 Å². The number of rotatable bonds is 3. The summed E-state index contributed by atoms with van der Waals surface area (Å²) in [6.45, 7) is 3.93. The van der Waals surface area contributed by atoms with Crippen molar-refractivity contribution in [2.24, 2.45) is 0 Å². The van der Waals surface area contributed by atoms with Crippen LogP contribution < -0.4 is 4.74 Å². The molecule has 0 aliphatic heterocycles. The van der Waals surface area contributed by atoms with Crippen molar-refractivity contribution < 1.29 is 13.5 Å². The van der Waals surface area contributed by atoms with Gasteiger partial charge in [-0.15, -0.1) is 0 Å². The molecule has 0 unspecified atom stereocenters. The molecule has 0 saturated carbocycles. The van der Waals surface area contributed by atoms with E-state index >= 15 is 0 Å². The molecule has 0 bridgehead atoms. The normalized spacial score (nSPS) is 11.2. The van der Waals surface area contributed by atoms with Gasteiger partial charge in [0.2, 0.25) is 0 Å². The van der Waals surface area contributed by atoms with E-state index in [2.05, 4.69) is 10.2 Å². The summed E-state index contributed by atoms with van der Waals surface area (Å²) in [5.74, 6) is 1.18. The fourth-order valence-corrected chi connectivity index (χ4v) is 3.13. The number of benzene rings is 2. The van der Waals surface area contributed by atoms with Crippen molar-refractivity contribution in [1.82, 2.24) is 10.2 Å². The molecule has 0 aliphatic carbocycles. The SMILES string of the molecule is COc1cc2cc(-c3ccc(F)cc3)oc2cc1-c1c(C)n[nH]c1C. The number of furan rings is 1. The van der Waals surface area contributed by atoms with Crippen LogP contribution in [-0.4, -0.2) is 17.3 Å². The number of aryl methyl sites for hydroxylation is 2. The van der Waals surface area contributed by atoms with Gasteiger partial charge in [-0.05, 0) is 56.3 Å². The molecule has 2 heterocycles. The molecule has 0 amide bonds. The van der Waals surface area contributed by atoms with Gasteiger partial charge in [-0.2, -0.15) is 5.10 Å². The van der Waals surface area contributed by atoms with Gasteiger partial charge in [-0.25, -0.2) is 4.39 Å². The predicted octanol–water partition coefficient (Wildman–Crippen LogP) is 5.25. The van der Waals surface area contributed by atoms with E-state index in [0.29, 0.717) is 5.76 Å². The second-order valence-electron chi connectivity index (χ2n) is 6.02. The summed E-state index contributed by atoms with van der Waals surface area (Å²) < 4.78 is 24.7. The van der Waals surface area contributed by atoms with Crippen LogP contribution in [0.25, 0.3) is 33.4 Å². The summed E-state index contributed by atoms with van der Waals surface area (Å²) >= 11 is 0. The molecule has 0 aliphatic rings. The summed E-state index contributed by atoms with van der Waals surface area (Å²) in [5, 5.41) is 8.19. The molecule has 4 nitrogen and oxygen atoms in total. The van der Waals surface area contributed by atoms with E-state index in [9.17, 15) is 4.39 Å². The van der Waals surface area contributed by atoms with Gasteiger partial charge in [0.25, 0.3) is 0 Å². The highest BCUT2D eigenvalue weighted by Gasteiger charge is 2.17. The number of hydrogen-bond acceptors (Lipinski definition) is 3. The summed E-state index contributed by atoms with van der Waals surface area (Å²) in [7, 11) is 1.65. The van der Waals surface area contributed by atoms with Gasteiger partial charge in [0.1, 0.15) is 22.9 Å². The maximum absolute atomic E-state index is 13.1. The third-order valence-corrected chi connectivity index (χ3v) is 4.36. The topological polar surface area (TPSA) is 51.1 Å². The van der Waals surface area contributed by atoms with Gasteiger partial charge < -0.3 is 9.15 Å². The number of nitrogens with one attached hydrogen (secondary N) is 1. The van der Waals surface area contributed by atoms with Crippen molar-refractivity contribution in [1.29, 1.82) is 0 Å². The number of halogens is 1. The van der Waals surface area contributed by atoms with Gasteiger partial charge in [0.15, 0.2) is 0 Å². The number of fused-ring (bicyclic) bond motifs is 1. The molecule has 2 aromatic carbocycles. The van der Waals surface area contributed by atoms with E-state index in [1.165, 1.54) is 12.1 Å². The minimum Gasteiger partial charge on any atom is -0.496 e. The number of aromatic amines is 1. The molecule has 5 heteroatoms. The Morgan fingerprint density at radius 2 is 1.84 bits per heavy atom. The highest BCUT2D eigenvalue weighted by atomic mass is 19.1. The van der Waals surface area contributed by atoms with Gasteiger partial charge in [-0.1, -0.05) is 0 Å². The standard InChI is InChI=1S/C20H17FN2O2/c1-11-20(12(2)23-22-11)16-10-18-14(9-19(16)24-3)8-17(25-18)13-4-6-15(21)7-5-13/h4-10H,1-3H3,(H,22,23). The lowest BCUT2D eigenvalue weighted by molar-refractivity contribution is 0.417. The Balaban J connectivity index is 1.90. The monoisotopic (exact) mass is 336 g/mol. The molecule has 126 valence electrons. The molecular formula is C20H17FN2O2. The van der Waals surface area contributed by atoms with E-state index in [4.69, 9.17) is 9.15 Å². The van der Waals surface area contributed by atoms with Crippen molar-refractivity contribution in [3.8, 4) is 28.2 Å². The molecule has 0 spiro atoms. The minimum absolute atomic E-state index is 0.269. The lowest BCUT2D eigenvalue weighted by Gasteiger charge is -2.09. The largest absolute Gasteiger partial charge is 0.496 e. The number of aromatic nitrogens is 2. The Hall–Kier alpha value is -3.08. The maximum Gasteiger partial charge on any atom is 0.135 e. The van der Waals surface area contributed by atoms with Gasteiger partial charge >= 0.3 is 0 Å². The molecule has 4 aromatic rings. The Morgan fingerprint density at radius 3 is 2.48 bits per heavy atom. The highest BCUT2D eigenvalue weighted by molar-refractivity contribution is 5.91. The van der Waals surface area contributed by atoms with Crippen LogP contribution in [0, 0.1) is 19.7 Å². The fraction of sp³-hybridized carbons (Fsp3) is 0.150. The van der Waals surface area contributed by atoms with E-state index in [1.807, 2.05) is 32.0 Å². The molecular weight excluding hydrogens is 319 g/mol. The summed E-state index contributed by atoms with van der Waals surface area (Å²) in [4.78, 5) is 0. The number of hydrogen-bond donors (Lipinski definition) is 1. The first-order valence-corrected chi connectivity index (χ1v) is 7.96. The van der Waals surface area contributed by atoms with Crippen LogP contribution >= 0.6 is 0 Å². The first-order valence-electron chi connectivity index (χ1n) is 7.96. The third kappa shape index (κ3) is 2.58. The molecule has 0 saturated heterocycles. The third-order valence-electron chi connectivity index (χ3n) is 4.36. The van der Waals surface area contributed by atoms with Crippen LogP contribution in [0.2, 0.25) is 0 Å². The van der Waals surface area contributed by atoms with Crippen LogP contribution in [0.5, 0.6) is 5.75 Å². The highest BCUT2D eigenvalue weighted by Crippen LogP contribution is 2.39. The van der Waals surface area contributed by atoms with Crippen molar-refractivity contribution in [3.05, 3.63) is 59.7 Å². The number of H-pyrrole nitrogens is 1. The van der Waals surface area contributed by atoms with Crippen LogP contribution in [0.4, 0.5) is 4.39 Å². The molecule has 0 atom stereocenters. The van der Waals surface area contributed by atoms with E-state index < -0.39 is 0 Å². The molecule has 2 aromatic heterocycles. The first kappa shape index (κ1) is 15.4. The zero-order valence-corrected chi connectivity index (χ0v) is 14.2. The molecule has 1 N–H and O–H groups in total. The van der Waals surface area contributed by atoms with Crippen LogP contribution in [0.3, 0.4) is 0 Å². The summed E-state index contributed by atoms with van der Waals surface area (Å²) in [5.41, 5.74) is 5.39. The zero-order valence-electron chi connectivity index (χ0n) is 14.2. The zero-order chi connectivity index (χ0) is 17.6. The quantitative estimate of drug-likeness (QED) is 0.555. The Morgan fingerprint density at radius 1 is 1.08 bits per heavy atom. The van der Waals surface area contributed by atoms with Crippen molar-refractivity contribution >= 4 is 11.0 Å². The average molecular weight is 336 g/mol. The second-order valence-corrected chi connectivity index (χ2v) is 6.02. The fourth-order valence-electron chi connectivity index (χ4n) is 3.13. The van der Waals surface area contributed by atoms with Gasteiger partial charge in [0.05, 0.1) is 12.8 Å². The lowest BCUT2D eigenvalue weighted by atomic mass is 10.0. The van der Waals surface area contributed by atoms with Crippen LogP contribution in [0.15, 0.2) is 46.9 Å². The predicted molar refractivity (Wildman–Crippen MR) is 95.2 cm³/mol. The smallest absolute Gasteiger partial charge is 0.135 e. The summed E-state index contributed by atoms with van der Waals surface area (Å²) in [6.07, 6.45) is 0. The second kappa shape index (κ2) is 5.77. The summed E-state index contributed by atoms with van der Waals surface area (Å²) in [6, 6.07) is 12.1. The van der Waals surface area contributed by atoms with E-state index in [-0.39, 0.29) is 5.82 Å². The maximum atomic E-state index is 13.1. The van der Waals surface area contributed by atoms with Gasteiger partial charge in [0, 0.05) is 27.8 Å². The average Bonchev–Trinajstić information content (AvgIpc) is 3.17. The molecule has 25 heavy (non-hydrogen) atoms. The van der Waals surface area contributed by atoms with Gasteiger partial charge in [-0.3, -0.25) is 5.10 Å². The minimum atomic E-state index is -0.269. The Bertz CT molecular complexity index is 1040. The van der Waals surface area contributed by atoms with Crippen LogP contribution in [-0.2, 0) is 0 Å². The molecule has 0 fully saturated rings. The van der Waals surface area contributed by atoms with E-state index in [0.717, 1.165) is 44.8 Å². The number of nitrogens with zero attached hydrogens (tertiary/aromatic N) is 1. The van der Waals surface area contributed by atoms with Crippen LogP contribution in [0.1, 0.15) is 11.4 Å². The molecule has 4 rings (SSSR count). The Kier molecular flexibility index (Phi) is 3.57. The van der Waals surface area contributed by atoms with E-state index in [1.54, 1.807) is 19.2 Å². The van der Waals surface area contributed by atoms with Crippen molar-refractivity contribution in [2.75, 3.05) is 7.11 Å². The lowest BCUT2D eigenvalue weighted by Crippen LogP contribution is -1.90. The number of methoxy groups -OCH3 is 1. The number of ether oxygens (including phenoxy) is 1. The van der Waals surface area contributed by atoms with Crippen molar-refractivity contribution in [2.45, 2.75) is 13.8 Å². The molecule has 0 radical (unpaired) electrons. The first-order chi connectivity index (χ1) is 12.1. The van der Waals surface area contributed by atoms with Crippen molar-refractivity contribution in [3.63, 3.8) is 0 Å².